The standard InChI is InChI=1S/C60H70FIN6O17/c1-27-10-9-11-28(2)57(77)65-44-47(66-17-20-82-21-18-66)53(75)41-42(52(44)74)50(72)32(6)55-43(41)56(76)60(7,85-55)83-19-15-39(81-8)29(3)54(31(5)49(71)30(4)48(27)70)84-59(80)63-24-40(69)64-33-14-16-67(25-33)46-36(23-62)45-35(22-38(46)61)51(73)37(58(78)79)26-68(45)34-12-13-34/h9-11,15,19,22,26-27,29-31,33-34,39,48-49,54,70-72H,12-14,16-18,20-21,23-25H2,1-8H3,(H,63,80)(H,64,69)(H,65,77)(H,78,79)/b10-9+,19-15+,28-11-/t27-,29+,30+,31+,33?,39-,48-,49+,54+,60-/m0/s1. The van der Waals surface area contributed by atoms with Crippen molar-refractivity contribution in [2.24, 2.45) is 23.7 Å². The summed E-state index contributed by atoms with van der Waals surface area (Å²) in [6, 6.07) is 0.550. The predicted octanol–water partition coefficient (Wildman–Crippen LogP) is 5.27. The van der Waals surface area contributed by atoms with E-state index in [9.17, 15) is 58.8 Å². The van der Waals surface area contributed by atoms with E-state index in [1.54, 1.807) is 48.1 Å². The second-order valence-corrected chi connectivity index (χ2v) is 23.6. The number of aliphatic hydroxyl groups excluding tert-OH is 2. The summed E-state index contributed by atoms with van der Waals surface area (Å²) in [5.74, 6) is -12.5. The molecule has 2 aromatic carbocycles. The number of ketones is 3. The smallest absolute Gasteiger partial charge is 0.407 e. The number of aromatic nitrogens is 1. The van der Waals surface area contributed by atoms with Gasteiger partial charge in [-0.15, -0.1) is 0 Å². The molecule has 2 saturated heterocycles. The van der Waals surface area contributed by atoms with Gasteiger partial charge in [0.25, 0.3) is 11.7 Å². The number of Topliss-reactive ketones (excluding diaryl/α,β-unsaturated/α-hetero) is 3. The Morgan fingerprint density at radius 1 is 0.918 bits per heavy atom. The molecule has 1 saturated carbocycles. The number of alkyl halides is 1. The summed E-state index contributed by atoms with van der Waals surface area (Å²) < 4.78 is 47.9. The lowest BCUT2D eigenvalue weighted by Crippen LogP contribution is -2.49. The number of fused-ring (bicyclic) bond motifs is 15. The minimum absolute atomic E-state index is 0.0201. The molecule has 456 valence electrons. The highest BCUT2D eigenvalue weighted by Gasteiger charge is 2.53. The number of amides is 3. The maximum absolute atomic E-state index is 16.2. The number of nitrogens with zero attached hydrogens (tertiary/aromatic N) is 3. The fourth-order valence-corrected chi connectivity index (χ4v) is 12.8. The molecular formula is C60H70FIN6O17. The molecule has 5 bridgehead atoms. The third kappa shape index (κ3) is 11.9. The van der Waals surface area contributed by atoms with Crippen LogP contribution < -0.4 is 31.0 Å². The zero-order valence-electron chi connectivity index (χ0n) is 48.3. The second kappa shape index (κ2) is 25.0. The van der Waals surface area contributed by atoms with Gasteiger partial charge >= 0.3 is 17.8 Å². The number of aromatic carboxylic acids is 1. The van der Waals surface area contributed by atoms with E-state index in [1.807, 2.05) is 0 Å². The molecule has 0 radical (unpaired) electrons. The first-order valence-corrected chi connectivity index (χ1v) is 29.7. The van der Waals surface area contributed by atoms with E-state index in [4.69, 9.17) is 23.7 Å². The number of ether oxygens (including phenoxy) is 5. The number of carboxylic acid groups (broad SMARTS) is 1. The molecule has 25 heteroatoms. The molecule has 3 aromatic rings. The van der Waals surface area contributed by atoms with Crippen molar-refractivity contribution in [3.8, 4) is 11.5 Å². The first-order valence-electron chi connectivity index (χ1n) is 28.2. The van der Waals surface area contributed by atoms with Gasteiger partial charge in [0.1, 0.15) is 46.9 Å². The van der Waals surface area contributed by atoms with E-state index in [2.05, 4.69) is 38.5 Å². The van der Waals surface area contributed by atoms with Gasteiger partial charge < -0.3 is 74.4 Å². The Bertz CT molecular complexity index is 3460. The number of carbonyl (C=O) groups is 7. The Labute approximate surface area is 502 Å². The Balaban J connectivity index is 0.954. The molecule has 6 heterocycles. The SMILES string of the molecule is CO[C@H]1/C=C/O[C@@]2(C)Oc3c(C)c(O)c4c(c3C2=O)C(=O)C(N2CCOCC2)=C(NC(=O)/C(C)=C\C=C\[C@H](C)[C@H](O)[C@@H](C)[C@@H](O)[C@@H](C)[C@H](OC(=O)NCC(=O)NC2CCN(c3c(F)cc5c(=O)c(C(=O)O)cn(C6CC6)c5c3CI)C2)[C@@H]1C)C4=O. The lowest BCUT2D eigenvalue weighted by molar-refractivity contribution is -0.121. The summed E-state index contributed by atoms with van der Waals surface area (Å²) in [6.45, 7) is 11.3. The van der Waals surface area contributed by atoms with Crippen LogP contribution in [0.1, 0.15) is 119 Å². The van der Waals surface area contributed by atoms with Crippen LogP contribution in [0.25, 0.3) is 10.9 Å². The molecule has 23 nitrogen and oxygen atoms in total. The topological polar surface area (TPSA) is 311 Å². The molecule has 1 unspecified atom stereocenters. The number of phenolic OH excluding ortho intramolecular Hbond substituents is 1. The van der Waals surface area contributed by atoms with Crippen LogP contribution in [0, 0.1) is 36.4 Å². The average Bonchev–Trinajstić information content (AvgIpc) is 1.70. The van der Waals surface area contributed by atoms with Gasteiger partial charge in [-0.05, 0) is 45.3 Å². The highest BCUT2D eigenvalue weighted by molar-refractivity contribution is 14.1. The Hall–Kier alpha value is -7.20. The summed E-state index contributed by atoms with van der Waals surface area (Å²) >= 11 is 2.09. The molecule has 10 atom stereocenters. The fraction of sp³-hybridized carbons (Fsp3) is 0.500. The highest BCUT2D eigenvalue weighted by Crippen LogP contribution is 2.49. The van der Waals surface area contributed by atoms with Crippen molar-refractivity contribution in [1.29, 1.82) is 0 Å². The minimum atomic E-state index is -2.20. The van der Waals surface area contributed by atoms with E-state index in [0.717, 1.165) is 25.2 Å². The second-order valence-electron chi connectivity index (χ2n) is 22.8. The summed E-state index contributed by atoms with van der Waals surface area (Å²) in [5, 5.41) is 53.1. The number of rotatable bonds is 10. The van der Waals surface area contributed by atoms with Gasteiger partial charge in [-0.2, -0.15) is 0 Å². The number of pyridine rings is 1. The summed E-state index contributed by atoms with van der Waals surface area (Å²) in [5.41, 5.74) is -1.83. The molecule has 3 fully saturated rings. The number of hydrogen-bond donors (Lipinski definition) is 7. The number of carbonyl (C=O) groups excluding carboxylic acids is 6. The van der Waals surface area contributed by atoms with Gasteiger partial charge in [0.05, 0.1) is 65.7 Å². The minimum Gasteiger partial charge on any atom is -0.507 e. The van der Waals surface area contributed by atoms with Gasteiger partial charge in [-0.1, -0.05) is 68.5 Å². The molecule has 7 aliphatic rings. The van der Waals surface area contributed by atoms with Gasteiger partial charge in [0.2, 0.25) is 22.9 Å². The van der Waals surface area contributed by atoms with E-state index in [1.165, 1.54) is 52.3 Å². The highest BCUT2D eigenvalue weighted by atomic mass is 127. The zero-order chi connectivity index (χ0) is 61.7. The van der Waals surface area contributed by atoms with Crippen molar-refractivity contribution in [2.75, 3.05) is 57.9 Å². The fourth-order valence-electron chi connectivity index (χ4n) is 12.1. The number of morpholine rings is 1. The van der Waals surface area contributed by atoms with Gasteiger partial charge in [-0.3, -0.25) is 28.8 Å². The van der Waals surface area contributed by atoms with Gasteiger partial charge in [-0.25, -0.2) is 14.0 Å². The number of phenols is 1. The summed E-state index contributed by atoms with van der Waals surface area (Å²) in [4.78, 5) is 114. The molecule has 5 aliphatic heterocycles. The van der Waals surface area contributed by atoms with Gasteiger partial charge in [0, 0.05) is 109 Å². The lowest BCUT2D eigenvalue weighted by atomic mass is 9.78. The van der Waals surface area contributed by atoms with Crippen molar-refractivity contribution in [2.45, 2.75) is 114 Å². The number of benzene rings is 2. The molecule has 1 aromatic heterocycles. The molecular weight excluding hydrogens is 1220 g/mol. The molecule has 3 amide bonds. The quantitative estimate of drug-likeness (QED) is 0.100. The van der Waals surface area contributed by atoms with Crippen LogP contribution in [0.3, 0.4) is 0 Å². The number of hydrogen-bond acceptors (Lipinski definition) is 18. The number of aromatic hydroxyl groups is 1. The van der Waals surface area contributed by atoms with Crippen LogP contribution in [0.5, 0.6) is 11.5 Å². The number of alkyl carbamates (subject to hydrolysis) is 1. The maximum atomic E-state index is 16.2. The van der Waals surface area contributed by atoms with Crippen molar-refractivity contribution < 1.29 is 82.1 Å². The first kappa shape index (κ1) is 62.3. The number of methoxy groups -OCH3 is 1. The number of aliphatic hydroxyl groups is 2. The Kier molecular flexibility index (Phi) is 18.3. The summed E-state index contributed by atoms with van der Waals surface area (Å²) in [6.07, 6.45) is 4.47. The van der Waals surface area contributed by atoms with Crippen molar-refractivity contribution in [3.63, 3.8) is 0 Å². The number of anilines is 1. The van der Waals surface area contributed by atoms with E-state index < -0.39 is 147 Å². The predicted molar refractivity (Wildman–Crippen MR) is 313 cm³/mol. The van der Waals surface area contributed by atoms with E-state index in [0.29, 0.717) is 28.5 Å². The third-order valence-electron chi connectivity index (χ3n) is 17.1. The zero-order valence-corrected chi connectivity index (χ0v) is 50.4. The van der Waals surface area contributed by atoms with E-state index in [-0.39, 0.29) is 78.1 Å². The number of carboxylic acids is 1. The lowest BCUT2D eigenvalue weighted by Gasteiger charge is -2.38. The van der Waals surface area contributed by atoms with Crippen molar-refractivity contribution in [1.82, 2.24) is 25.4 Å². The Morgan fingerprint density at radius 3 is 2.28 bits per heavy atom. The monoisotopic (exact) mass is 1290 g/mol. The Morgan fingerprint density at radius 2 is 1.62 bits per heavy atom. The molecule has 0 spiro atoms. The normalized spacial score (nSPS) is 29.0. The molecule has 2 aliphatic carbocycles. The summed E-state index contributed by atoms with van der Waals surface area (Å²) in [7, 11) is 1.36. The van der Waals surface area contributed by atoms with Crippen LogP contribution >= 0.6 is 22.6 Å². The first-order chi connectivity index (χ1) is 40.3. The number of nitrogens with one attached hydrogen (secondary N) is 3. The van der Waals surface area contributed by atoms with Crippen LogP contribution in [0.2, 0.25) is 0 Å². The van der Waals surface area contributed by atoms with Crippen molar-refractivity contribution in [3.05, 3.63) is 109 Å². The maximum Gasteiger partial charge on any atom is 0.407 e. The van der Waals surface area contributed by atoms with Crippen LogP contribution in [0.4, 0.5) is 14.9 Å². The van der Waals surface area contributed by atoms with Crippen LogP contribution in [-0.4, -0.2) is 160 Å². The van der Waals surface area contributed by atoms with Crippen LogP contribution in [0.15, 0.2) is 64.6 Å². The van der Waals surface area contributed by atoms with E-state index >= 15 is 4.39 Å². The average molecular weight is 1290 g/mol. The molecule has 85 heavy (non-hydrogen) atoms. The number of allylic oxidation sites excluding steroid dienone is 4. The third-order valence-corrected chi connectivity index (χ3v) is 17.9. The number of halogens is 2. The van der Waals surface area contributed by atoms with Crippen molar-refractivity contribution >= 4 is 80.4 Å². The van der Waals surface area contributed by atoms with Gasteiger partial charge in [0.15, 0.2) is 0 Å². The molecule has 10 rings (SSSR count). The largest absolute Gasteiger partial charge is 0.507 e. The van der Waals surface area contributed by atoms with Crippen LogP contribution in [-0.2, 0) is 33.0 Å². The molecule has 7 N–H and O–H groups in total.